The molecule has 0 bridgehead atoms. The van der Waals surface area contributed by atoms with Gasteiger partial charge in [-0.25, -0.2) is 0 Å². The highest BCUT2D eigenvalue weighted by atomic mass is 35.5. The molecule has 0 aliphatic carbocycles. The topological polar surface area (TPSA) is 49.4 Å². The molecule has 1 aliphatic rings. The van der Waals surface area contributed by atoms with Crippen molar-refractivity contribution in [2.45, 2.75) is 26.8 Å². The van der Waals surface area contributed by atoms with Gasteiger partial charge in [0.1, 0.15) is 12.6 Å². The molecule has 6 heteroatoms. The van der Waals surface area contributed by atoms with E-state index in [9.17, 15) is 9.59 Å². The summed E-state index contributed by atoms with van der Waals surface area (Å²) in [6.07, 6.45) is 0. The van der Waals surface area contributed by atoms with Gasteiger partial charge in [0.05, 0.1) is 15.7 Å². The lowest BCUT2D eigenvalue weighted by Gasteiger charge is -2.39. The first-order valence-corrected chi connectivity index (χ1v) is 7.02. The summed E-state index contributed by atoms with van der Waals surface area (Å²) >= 11 is 12.3. The molecule has 0 radical (unpaired) electrons. The number of amides is 2. The summed E-state index contributed by atoms with van der Waals surface area (Å²) < 4.78 is 0. The molecule has 4 nitrogen and oxygen atoms in total. The van der Waals surface area contributed by atoms with E-state index in [0.29, 0.717) is 15.7 Å². The molecule has 1 aromatic carbocycles. The Hall–Kier alpha value is -1.26. The second-order valence-corrected chi connectivity index (χ2v) is 6.68. The average molecular weight is 315 g/mol. The Bertz CT molecular complexity index is 547. The van der Waals surface area contributed by atoms with Crippen molar-refractivity contribution in [1.82, 2.24) is 5.32 Å². The van der Waals surface area contributed by atoms with Crippen molar-refractivity contribution >= 4 is 40.7 Å². The average Bonchev–Trinajstić information content (AvgIpc) is 2.31. The lowest BCUT2D eigenvalue weighted by Crippen LogP contribution is -2.62. The summed E-state index contributed by atoms with van der Waals surface area (Å²) in [4.78, 5) is 25.9. The van der Waals surface area contributed by atoms with Gasteiger partial charge >= 0.3 is 0 Å². The van der Waals surface area contributed by atoms with E-state index in [1.165, 1.54) is 4.90 Å². The lowest BCUT2D eigenvalue weighted by atomic mass is 9.84. The second-order valence-electron chi connectivity index (χ2n) is 5.86. The number of piperazine rings is 1. The molecule has 0 saturated carbocycles. The number of anilines is 1. The number of nitrogens with zero attached hydrogens (tertiary/aromatic N) is 1. The molecule has 1 unspecified atom stereocenters. The van der Waals surface area contributed by atoms with Crippen LogP contribution in [0.2, 0.25) is 10.0 Å². The highest BCUT2D eigenvalue weighted by molar-refractivity contribution is 6.40. The maximum atomic E-state index is 12.6. The molecule has 0 aromatic heterocycles. The minimum absolute atomic E-state index is 0.0745. The van der Waals surface area contributed by atoms with Gasteiger partial charge in [-0.3, -0.25) is 14.5 Å². The molecule has 0 spiro atoms. The maximum absolute atomic E-state index is 12.6. The van der Waals surface area contributed by atoms with Crippen LogP contribution in [0.4, 0.5) is 5.69 Å². The van der Waals surface area contributed by atoms with Crippen LogP contribution < -0.4 is 10.2 Å². The molecule has 1 atom stereocenters. The number of hydrogen-bond donors (Lipinski definition) is 1. The SMILES string of the molecule is CC(C)(C)C1NC(=O)CN(c2c(Cl)cccc2Cl)C1=O. The van der Waals surface area contributed by atoms with E-state index in [0.717, 1.165) is 0 Å². The number of hydrogen-bond acceptors (Lipinski definition) is 2. The summed E-state index contributed by atoms with van der Waals surface area (Å²) in [5.74, 6) is -0.424. The van der Waals surface area contributed by atoms with Crippen LogP contribution in [-0.4, -0.2) is 24.4 Å². The summed E-state index contributed by atoms with van der Waals surface area (Å²) in [7, 11) is 0. The van der Waals surface area contributed by atoms with E-state index < -0.39 is 6.04 Å². The van der Waals surface area contributed by atoms with Crippen LogP contribution in [-0.2, 0) is 9.59 Å². The van der Waals surface area contributed by atoms with Crippen LogP contribution in [0.1, 0.15) is 20.8 Å². The van der Waals surface area contributed by atoms with Gasteiger partial charge in [-0.05, 0) is 17.5 Å². The van der Waals surface area contributed by atoms with Gasteiger partial charge in [-0.1, -0.05) is 50.0 Å². The van der Waals surface area contributed by atoms with E-state index in [1.54, 1.807) is 18.2 Å². The molecule has 2 amide bonds. The van der Waals surface area contributed by atoms with E-state index >= 15 is 0 Å². The summed E-state index contributed by atoms with van der Waals surface area (Å²) in [5.41, 5.74) is 0.00372. The van der Waals surface area contributed by atoms with Crippen molar-refractivity contribution in [2.24, 2.45) is 5.41 Å². The molecule has 108 valence electrons. The fraction of sp³-hybridized carbons (Fsp3) is 0.429. The fourth-order valence-electron chi connectivity index (χ4n) is 2.17. The zero-order valence-corrected chi connectivity index (χ0v) is 13.0. The summed E-state index contributed by atoms with van der Waals surface area (Å²) in [6.45, 7) is 5.61. The van der Waals surface area contributed by atoms with E-state index in [2.05, 4.69) is 5.32 Å². The molecule has 1 aliphatic heterocycles. The molecule has 1 saturated heterocycles. The lowest BCUT2D eigenvalue weighted by molar-refractivity contribution is -0.133. The van der Waals surface area contributed by atoms with Gasteiger partial charge in [0.2, 0.25) is 5.91 Å². The minimum Gasteiger partial charge on any atom is -0.342 e. The number of nitrogens with one attached hydrogen (secondary N) is 1. The highest BCUT2D eigenvalue weighted by Gasteiger charge is 2.41. The number of carbonyl (C=O) groups is 2. The normalized spacial score (nSPS) is 20.1. The number of carbonyl (C=O) groups excluding carboxylic acids is 2. The van der Waals surface area contributed by atoms with Crippen LogP contribution >= 0.6 is 23.2 Å². The third kappa shape index (κ3) is 2.76. The highest BCUT2D eigenvalue weighted by Crippen LogP contribution is 2.36. The van der Waals surface area contributed by atoms with Crippen molar-refractivity contribution in [1.29, 1.82) is 0 Å². The first-order chi connectivity index (χ1) is 9.21. The molecule has 1 heterocycles. The molecular weight excluding hydrogens is 299 g/mol. The van der Waals surface area contributed by atoms with E-state index in [1.807, 2.05) is 20.8 Å². The maximum Gasteiger partial charge on any atom is 0.250 e. The Morgan fingerprint density at radius 3 is 2.25 bits per heavy atom. The third-order valence-corrected chi connectivity index (χ3v) is 3.80. The third-order valence-electron chi connectivity index (χ3n) is 3.19. The summed E-state index contributed by atoms with van der Waals surface area (Å²) in [5, 5.41) is 3.44. The molecule has 1 fully saturated rings. The van der Waals surface area contributed by atoms with E-state index in [-0.39, 0.29) is 23.8 Å². The first-order valence-electron chi connectivity index (χ1n) is 6.26. The Labute approximate surface area is 128 Å². The van der Waals surface area contributed by atoms with Gasteiger partial charge in [-0.2, -0.15) is 0 Å². The van der Waals surface area contributed by atoms with Crippen molar-refractivity contribution in [3.63, 3.8) is 0 Å². The zero-order valence-electron chi connectivity index (χ0n) is 11.5. The van der Waals surface area contributed by atoms with Gasteiger partial charge in [-0.15, -0.1) is 0 Å². The predicted octanol–water partition coefficient (Wildman–Crippen LogP) is 2.87. The first kappa shape index (κ1) is 15.1. The fourth-order valence-corrected chi connectivity index (χ4v) is 2.77. The van der Waals surface area contributed by atoms with Gasteiger partial charge in [0.25, 0.3) is 5.91 Å². The monoisotopic (exact) mass is 314 g/mol. The standard InChI is InChI=1S/C14H16Cl2N2O2/c1-14(2,3)12-13(20)18(7-10(19)17-12)11-8(15)5-4-6-9(11)16/h4-6,12H,7H2,1-3H3,(H,17,19). The number of rotatable bonds is 1. The predicted molar refractivity (Wildman–Crippen MR) is 80.2 cm³/mol. The number of halogens is 2. The molecule has 2 rings (SSSR count). The molecule has 1 N–H and O–H groups in total. The molecule has 20 heavy (non-hydrogen) atoms. The Balaban J connectivity index is 2.46. The molecule has 1 aromatic rings. The van der Waals surface area contributed by atoms with Crippen molar-refractivity contribution in [3.8, 4) is 0 Å². The van der Waals surface area contributed by atoms with Crippen molar-refractivity contribution < 1.29 is 9.59 Å². The minimum atomic E-state index is -0.601. The zero-order chi connectivity index (χ0) is 15.1. The quantitative estimate of drug-likeness (QED) is 0.866. The number of para-hydroxylation sites is 1. The van der Waals surface area contributed by atoms with Crippen molar-refractivity contribution in [3.05, 3.63) is 28.2 Å². The Morgan fingerprint density at radius 2 is 1.75 bits per heavy atom. The molecular formula is C14H16Cl2N2O2. The van der Waals surface area contributed by atoms with Gasteiger partial charge < -0.3 is 5.32 Å². The summed E-state index contributed by atoms with van der Waals surface area (Å²) in [6, 6.07) is 4.39. The Kier molecular flexibility index (Phi) is 3.98. The van der Waals surface area contributed by atoms with Crippen LogP contribution in [0.3, 0.4) is 0 Å². The Morgan fingerprint density at radius 1 is 1.20 bits per heavy atom. The van der Waals surface area contributed by atoms with Crippen LogP contribution in [0.5, 0.6) is 0 Å². The van der Waals surface area contributed by atoms with Crippen LogP contribution in [0.15, 0.2) is 18.2 Å². The van der Waals surface area contributed by atoms with Crippen LogP contribution in [0.25, 0.3) is 0 Å². The van der Waals surface area contributed by atoms with E-state index in [4.69, 9.17) is 23.2 Å². The second kappa shape index (κ2) is 5.26. The van der Waals surface area contributed by atoms with Crippen LogP contribution in [0, 0.1) is 5.41 Å². The van der Waals surface area contributed by atoms with Gasteiger partial charge in [0, 0.05) is 0 Å². The number of benzene rings is 1. The van der Waals surface area contributed by atoms with Crippen molar-refractivity contribution in [2.75, 3.05) is 11.4 Å². The largest absolute Gasteiger partial charge is 0.342 e. The van der Waals surface area contributed by atoms with Gasteiger partial charge in [0.15, 0.2) is 0 Å². The smallest absolute Gasteiger partial charge is 0.250 e.